The van der Waals surface area contributed by atoms with Crippen LogP contribution in [0.15, 0.2) is 54.6 Å². The second kappa shape index (κ2) is 6.59. The Hall–Kier alpha value is -2.82. The third-order valence-electron chi connectivity index (χ3n) is 4.87. The monoisotopic (exact) mass is 336 g/mol. The lowest BCUT2D eigenvalue weighted by molar-refractivity contribution is -0.145. The van der Waals surface area contributed by atoms with Gasteiger partial charge in [-0.25, -0.2) is 0 Å². The Balaban J connectivity index is 1.68. The largest absolute Gasteiger partial charge is 0.493 e. The molecule has 5 nitrogen and oxygen atoms in total. The van der Waals surface area contributed by atoms with Gasteiger partial charge in [0.15, 0.2) is 0 Å². The van der Waals surface area contributed by atoms with Crippen molar-refractivity contribution in [3.63, 3.8) is 0 Å². The number of benzene rings is 2. The number of ether oxygens (including phenoxy) is 1. The molecule has 2 aromatic carbocycles. The van der Waals surface area contributed by atoms with Gasteiger partial charge in [0.25, 0.3) is 0 Å². The molecule has 2 aliphatic rings. The first-order chi connectivity index (χ1) is 12.3. The number of para-hydroxylation sites is 1. The van der Waals surface area contributed by atoms with Crippen molar-refractivity contribution in [2.45, 2.75) is 18.4 Å². The van der Waals surface area contributed by atoms with Crippen LogP contribution in [0.1, 0.15) is 29.5 Å². The number of amides is 2. The first-order valence-corrected chi connectivity index (χ1v) is 8.60. The van der Waals surface area contributed by atoms with E-state index in [1.165, 1.54) is 0 Å². The van der Waals surface area contributed by atoms with Crippen LogP contribution in [0.3, 0.4) is 0 Å². The molecule has 2 atom stereocenters. The zero-order valence-electron chi connectivity index (χ0n) is 13.9. The molecule has 2 aliphatic heterocycles. The Morgan fingerprint density at radius 1 is 1.08 bits per heavy atom. The summed E-state index contributed by atoms with van der Waals surface area (Å²) in [7, 11) is 0. The van der Waals surface area contributed by atoms with Gasteiger partial charge in [0.1, 0.15) is 11.8 Å². The summed E-state index contributed by atoms with van der Waals surface area (Å²) in [6.07, 6.45) is 0.634. The van der Waals surface area contributed by atoms with Gasteiger partial charge in [-0.3, -0.25) is 9.59 Å². The first kappa shape index (κ1) is 15.7. The zero-order valence-corrected chi connectivity index (χ0v) is 13.9. The number of fused-ring (bicyclic) bond motifs is 1. The predicted molar refractivity (Wildman–Crippen MR) is 93.2 cm³/mol. The molecule has 2 aromatic rings. The molecule has 2 heterocycles. The van der Waals surface area contributed by atoms with Crippen LogP contribution in [0.25, 0.3) is 0 Å². The fourth-order valence-corrected chi connectivity index (χ4v) is 3.67. The van der Waals surface area contributed by atoms with Crippen LogP contribution in [-0.2, 0) is 9.59 Å². The van der Waals surface area contributed by atoms with E-state index in [1.54, 1.807) is 4.90 Å². The SMILES string of the molecule is O=C1NCCN(C(=O)C2CCOc3ccccc32)C1c1ccccc1. The molecule has 2 amide bonds. The molecule has 0 bridgehead atoms. The number of piperazine rings is 1. The minimum Gasteiger partial charge on any atom is -0.493 e. The molecule has 0 spiro atoms. The van der Waals surface area contributed by atoms with Crippen molar-refractivity contribution in [2.75, 3.05) is 19.7 Å². The maximum absolute atomic E-state index is 13.3. The van der Waals surface area contributed by atoms with E-state index < -0.39 is 6.04 Å². The van der Waals surface area contributed by atoms with E-state index in [2.05, 4.69) is 5.32 Å². The van der Waals surface area contributed by atoms with Gasteiger partial charge < -0.3 is 15.0 Å². The highest BCUT2D eigenvalue weighted by Gasteiger charge is 2.39. The van der Waals surface area contributed by atoms with E-state index in [0.29, 0.717) is 26.1 Å². The molecule has 1 N–H and O–H groups in total. The summed E-state index contributed by atoms with van der Waals surface area (Å²) in [5.41, 5.74) is 1.75. The summed E-state index contributed by atoms with van der Waals surface area (Å²) in [6.45, 7) is 1.52. The van der Waals surface area contributed by atoms with Crippen LogP contribution in [0.4, 0.5) is 0 Å². The second-order valence-corrected chi connectivity index (χ2v) is 6.36. The molecule has 0 saturated carbocycles. The number of rotatable bonds is 2. The smallest absolute Gasteiger partial charge is 0.247 e. The van der Waals surface area contributed by atoms with Crippen molar-refractivity contribution < 1.29 is 14.3 Å². The molecular weight excluding hydrogens is 316 g/mol. The molecule has 1 saturated heterocycles. The van der Waals surface area contributed by atoms with Crippen LogP contribution < -0.4 is 10.1 Å². The Morgan fingerprint density at radius 2 is 1.84 bits per heavy atom. The van der Waals surface area contributed by atoms with Gasteiger partial charge in [-0.05, 0) is 18.1 Å². The lowest BCUT2D eigenvalue weighted by Gasteiger charge is -2.38. The van der Waals surface area contributed by atoms with Gasteiger partial charge in [-0.1, -0.05) is 48.5 Å². The minimum atomic E-state index is -0.572. The van der Waals surface area contributed by atoms with Crippen LogP contribution in [0, 0.1) is 0 Å². The summed E-state index contributed by atoms with van der Waals surface area (Å²) in [4.78, 5) is 27.6. The van der Waals surface area contributed by atoms with Crippen molar-refractivity contribution in [3.05, 3.63) is 65.7 Å². The van der Waals surface area contributed by atoms with E-state index >= 15 is 0 Å². The quantitative estimate of drug-likeness (QED) is 0.915. The summed E-state index contributed by atoms with van der Waals surface area (Å²) in [6, 6.07) is 16.6. The molecule has 0 aliphatic carbocycles. The maximum Gasteiger partial charge on any atom is 0.247 e. The molecule has 0 aromatic heterocycles. The molecule has 128 valence electrons. The summed E-state index contributed by atoms with van der Waals surface area (Å²) in [5, 5.41) is 2.88. The average molecular weight is 336 g/mol. The van der Waals surface area contributed by atoms with Crippen molar-refractivity contribution in [1.29, 1.82) is 0 Å². The topological polar surface area (TPSA) is 58.6 Å². The minimum absolute atomic E-state index is 0.000506. The van der Waals surface area contributed by atoms with Crippen molar-refractivity contribution >= 4 is 11.8 Å². The summed E-state index contributed by atoms with van der Waals surface area (Å²) >= 11 is 0. The third-order valence-corrected chi connectivity index (χ3v) is 4.87. The zero-order chi connectivity index (χ0) is 17.2. The standard InChI is InChI=1S/C20H20N2O3/c23-19-18(14-6-2-1-3-7-14)22(12-11-21-19)20(24)16-10-13-25-17-9-5-4-8-15(16)17/h1-9,16,18H,10-13H2,(H,21,23). The predicted octanol–water partition coefficient (Wildman–Crippen LogP) is 2.25. The fraction of sp³-hybridized carbons (Fsp3) is 0.300. The van der Waals surface area contributed by atoms with Gasteiger partial charge in [-0.2, -0.15) is 0 Å². The highest BCUT2D eigenvalue weighted by molar-refractivity contribution is 5.92. The van der Waals surface area contributed by atoms with Crippen LogP contribution in [-0.4, -0.2) is 36.4 Å². The van der Waals surface area contributed by atoms with Gasteiger partial charge >= 0.3 is 0 Å². The number of nitrogens with one attached hydrogen (secondary N) is 1. The number of carbonyl (C=O) groups excluding carboxylic acids is 2. The highest BCUT2D eigenvalue weighted by Crippen LogP contribution is 2.36. The van der Waals surface area contributed by atoms with Crippen molar-refractivity contribution in [2.24, 2.45) is 0 Å². The number of hydrogen-bond acceptors (Lipinski definition) is 3. The van der Waals surface area contributed by atoms with Gasteiger partial charge in [0, 0.05) is 18.7 Å². The van der Waals surface area contributed by atoms with Crippen molar-refractivity contribution in [3.8, 4) is 5.75 Å². The van der Waals surface area contributed by atoms with Crippen molar-refractivity contribution in [1.82, 2.24) is 10.2 Å². The molecule has 5 heteroatoms. The summed E-state index contributed by atoms with van der Waals surface area (Å²) < 4.78 is 5.67. The van der Waals surface area contributed by atoms with Crippen LogP contribution >= 0.6 is 0 Å². The van der Waals surface area contributed by atoms with E-state index in [0.717, 1.165) is 16.9 Å². The Morgan fingerprint density at radius 3 is 2.68 bits per heavy atom. The molecule has 1 fully saturated rings. The Bertz CT molecular complexity index is 791. The third kappa shape index (κ3) is 2.86. The lowest BCUT2D eigenvalue weighted by Crippen LogP contribution is -2.53. The Kier molecular flexibility index (Phi) is 4.14. The normalized spacial score (nSPS) is 22.6. The maximum atomic E-state index is 13.3. The van der Waals surface area contributed by atoms with Gasteiger partial charge in [0.2, 0.25) is 11.8 Å². The average Bonchev–Trinajstić information content (AvgIpc) is 2.67. The lowest BCUT2D eigenvalue weighted by atomic mass is 9.90. The molecule has 25 heavy (non-hydrogen) atoms. The van der Waals surface area contributed by atoms with E-state index in [9.17, 15) is 9.59 Å². The molecule has 2 unspecified atom stereocenters. The number of hydrogen-bond donors (Lipinski definition) is 1. The van der Waals surface area contributed by atoms with Gasteiger partial charge in [0.05, 0.1) is 12.5 Å². The number of nitrogens with zero attached hydrogens (tertiary/aromatic N) is 1. The van der Waals surface area contributed by atoms with Crippen LogP contribution in [0.2, 0.25) is 0 Å². The Labute approximate surface area is 146 Å². The van der Waals surface area contributed by atoms with Gasteiger partial charge in [-0.15, -0.1) is 0 Å². The second-order valence-electron chi connectivity index (χ2n) is 6.36. The summed E-state index contributed by atoms with van der Waals surface area (Å²) in [5.74, 6) is 0.387. The van der Waals surface area contributed by atoms with Crippen LogP contribution in [0.5, 0.6) is 5.75 Å². The van der Waals surface area contributed by atoms with E-state index in [-0.39, 0.29) is 17.7 Å². The highest BCUT2D eigenvalue weighted by atomic mass is 16.5. The van der Waals surface area contributed by atoms with E-state index in [1.807, 2.05) is 54.6 Å². The first-order valence-electron chi connectivity index (χ1n) is 8.60. The fourth-order valence-electron chi connectivity index (χ4n) is 3.67. The molecule has 0 radical (unpaired) electrons. The van der Waals surface area contributed by atoms with E-state index in [4.69, 9.17) is 4.74 Å². The number of carbonyl (C=O) groups is 2. The molecule has 4 rings (SSSR count). The molecular formula is C20H20N2O3.